The summed E-state index contributed by atoms with van der Waals surface area (Å²) >= 11 is 0. The van der Waals surface area contributed by atoms with E-state index in [0.717, 1.165) is 6.54 Å². The number of hydrogen-bond acceptors (Lipinski definition) is 5. The summed E-state index contributed by atoms with van der Waals surface area (Å²) in [7, 11) is 0. The van der Waals surface area contributed by atoms with Crippen LogP contribution in [-0.2, 0) is 13.1 Å². The van der Waals surface area contributed by atoms with Crippen LogP contribution in [0, 0.1) is 0 Å². The zero-order valence-electron chi connectivity index (χ0n) is 14.1. The van der Waals surface area contributed by atoms with Crippen molar-refractivity contribution in [2.24, 2.45) is 0 Å². The molecule has 6 heteroatoms. The van der Waals surface area contributed by atoms with Crippen LogP contribution in [0.4, 0.5) is 5.95 Å². The summed E-state index contributed by atoms with van der Waals surface area (Å²) in [4.78, 5) is 23.1. The van der Waals surface area contributed by atoms with Gasteiger partial charge in [-0.15, -0.1) is 0 Å². The van der Waals surface area contributed by atoms with E-state index in [-0.39, 0.29) is 5.91 Å². The third-order valence-corrected chi connectivity index (χ3v) is 3.76. The van der Waals surface area contributed by atoms with Crippen LogP contribution in [0.5, 0.6) is 0 Å². The Morgan fingerprint density at radius 1 is 1.16 bits per heavy atom. The largest absolute Gasteiger partial charge is 0.467 e. The monoisotopic (exact) mass is 336 g/mol. The maximum atomic E-state index is 12.3. The number of furan rings is 1. The molecular weight excluding hydrogens is 316 g/mol. The van der Waals surface area contributed by atoms with Crippen molar-refractivity contribution in [1.29, 1.82) is 0 Å². The Morgan fingerprint density at radius 3 is 2.72 bits per heavy atom. The fraction of sp³-hybridized carbons (Fsp3) is 0.211. The van der Waals surface area contributed by atoms with Gasteiger partial charge in [0, 0.05) is 19.3 Å². The van der Waals surface area contributed by atoms with Crippen molar-refractivity contribution in [1.82, 2.24) is 15.3 Å². The molecule has 0 bridgehead atoms. The minimum absolute atomic E-state index is 0.254. The van der Waals surface area contributed by atoms with Gasteiger partial charge in [0.05, 0.1) is 12.8 Å². The lowest BCUT2D eigenvalue weighted by Crippen LogP contribution is -2.27. The molecule has 0 spiro atoms. The number of anilines is 1. The Kier molecular flexibility index (Phi) is 5.41. The number of nitrogens with zero attached hydrogens (tertiary/aromatic N) is 3. The van der Waals surface area contributed by atoms with Gasteiger partial charge in [0.2, 0.25) is 5.95 Å². The van der Waals surface area contributed by atoms with Gasteiger partial charge < -0.3 is 14.6 Å². The lowest BCUT2D eigenvalue weighted by Gasteiger charge is -2.21. The zero-order valence-corrected chi connectivity index (χ0v) is 14.1. The van der Waals surface area contributed by atoms with Crippen molar-refractivity contribution >= 4 is 11.9 Å². The first-order valence-electron chi connectivity index (χ1n) is 8.18. The third kappa shape index (κ3) is 4.44. The summed E-state index contributed by atoms with van der Waals surface area (Å²) < 4.78 is 5.21. The first-order valence-corrected chi connectivity index (χ1v) is 8.18. The number of benzene rings is 1. The maximum Gasteiger partial charge on any atom is 0.270 e. The molecule has 3 aromatic rings. The second-order valence-corrected chi connectivity index (χ2v) is 5.50. The molecule has 0 aliphatic carbocycles. The van der Waals surface area contributed by atoms with Crippen LogP contribution in [0.1, 0.15) is 28.7 Å². The summed E-state index contributed by atoms with van der Waals surface area (Å²) in [6.45, 7) is 3.80. The Labute approximate surface area is 146 Å². The normalized spacial score (nSPS) is 10.4. The number of hydrogen-bond donors (Lipinski definition) is 1. The lowest BCUT2D eigenvalue weighted by atomic mass is 10.2. The molecule has 3 rings (SSSR count). The van der Waals surface area contributed by atoms with Crippen LogP contribution in [0.2, 0.25) is 0 Å². The number of amides is 1. The van der Waals surface area contributed by atoms with E-state index in [4.69, 9.17) is 4.42 Å². The van der Waals surface area contributed by atoms with Crippen LogP contribution in [0.15, 0.2) is 65.4 Å². The van der Waals surface area contributed by atoms with Gasteiger partial charge in [-0.1, -0.05) is 30.3 Å². The second kappa shape index (κ2) is 8.10. The molecule has 0 saturated carbocycles. The molecule has 128 valence electrons. The van der Waals surface area contributed by atoms with E-state index < -0.39 is 0 Å². The smallest absolute Gasteiger partial charge is 0.270 e. The van der Waals surface area contributed by atoms with E-state index in [1.165, 1.54) is 5.56 Å². The minimum atomic E-state index is -0.254. The highest BCUT2D eigenvalue weighted by atomic mass is 16.3. The molecule has 2 heterocycles. The van der Waals surface area contributed by atoms with Crippen molar-refractivity contribution in [2.75, 3.05) is 11.4 Å². The molecule has 1 N–H and O–H groups in total. The van der Waals surface area contributed by atoms with Crippen LogP contribution in [0.25, 0.3) is 0 Å². The van der Waals surface area contributed by atoms with Crippen LogP contribution in [-0.4, -0.2) is 22.4 Å². The standard InChI is InChI=1S/C19H20N4O2/c1-2-23(14-15-7-4-3-5-8-15)19-20-11-10-17(22-19)18(24)21-13-16-9-6-12-25-16/h3-12H,2,13-14H2,1H3,(H,21,24). The van der Waals surface area contributed by atoms with Gasteiger partial charge >= 0.3 is 0 Å². The molecular formula is C19H20N4O2. The van der Waals surface area contributed by atoms with Crippen molar-refractivity contribution in [3.8, 4) is 0 Å². The molecule has 0 atom stereocenters. The molecule has 6 nitrogen and oxygen atoms in total. The lowest BCUT2D eigenvalue weighted by molar-refractivity contribution is 0.0943. The summed E-state index contributed by atoms with van der Waals surface area (Å²) in [6, 6.07) is 15.3. The topological polar surface area (TPSA) is 71.3 Å². The zero-order chi connectivity index (χ0) is 17.5. The highest BCUT2D eigenvalue weighted by molar-refractivity contribution is 5.92. The first kappa shape index (κ1) is 16.7. The van der Waals surface area contributed by atoms with Crippen molar-refractivity contribution < 1.29 is 9.21 Å². The second-order valence-electron chi connectivity index (χ2n) is 5.50. The highest BCUT2D eigenvalue weighted by Gasteiger charge is 2.13. The average molecular weight is 336 g/mol. The molecule has 0 aliphatic heterocycles. The predicted molar refractivity (Wildman–Crippen MR) is 95.1 cm³/mol. The maximum absolute atomic E-state index is 12.3. The number of rotatable bonds is 7. The molecule has 2 aromatic heterocycles. The molecule has 0 fully saturated rings. The van der Waals surface area contributed by atoms with Crippen molar-refractivity contribution in [2.45, 2.75) is 20.0 Å². The molecule has 1 aromatic carbocycles. The predicted octanol–water partition coefficient (Wildman–Crippen LogP) is 3.03. The van der Waals surface area contributed by atoms with Gasteiger partial charge in [-0.3, -0.25) is 4.79 Å². The van der Waals surface area contributed by atoms with Gasteiger partial charge in [-0.2, -0.15) is 0 Å². The number of carbonyl (C=O) groups is 1. The van der Waals surface area contributed by atoms with Gasteiger partial charge in [0.25, 0.3) is 5.91 Å². The quantitative estimate of drug-likeness (QED) is 0.718. The Hall–Kier alpha value is -3.15. The number of nitrogens with one attached hydrogen (secondary N) is 1. The number of carbonyl (C=O) groups excluding carboxylic acids is 1. The van der Waals surface area contributed by atoms with Gasteiger partial charge in [0.1, 0.15) is 11.5 Å². The highest BCUT2D eigenvalue weighted by Crippen LogP contribution is 2.12. The number of aromatic nitrogens is 2. The van der Waals surface area contributed by atoms with E-state index in [0.29, 0.717) is 30.5 Å². The Bertz CT molecular complexity index is 803. The molecule has 25 heavy (non-hydrogen) atoms. The van der Waals surface area contributed by atoms with E-state index in [2.05, 4.69) is 27.4 Å². The first-order chi connectivity index (χ1) is 12.3. The van der Waals surface area contributed by atoms with E-state index >= 15 is 0 Å². The average Bonchev–Trinajstić information content (AvgIpc) is 3.19. The van der Waals surface area contributed by atoms with E-state index in [1.807, 2.05) is 36.1 Å². The minimum Gasteiger partial charge on any atom is -0.467 e. The summed E-state index contributed by atoms with van der Waals surface area (Å²) in [5, 5.41) is 2.79. The van der Waals surface area contributed by atoms with Crippen LogP contribution in [0.3, 0.4) is 0 Å². The SMILES string of the molecule is CCN(Cc1ccccc1)c1nccc(C(=O)NCc2ccco2)n1. The molecule has 0 saturated heterocycles. The third-order valence-electron chi connectivity index (χ3n) is 3.76. The Balaban J connectivity index is 1.69. The summed E-state index contributed by atoms with van der Waals surface area (Å²) in [5.74, 6) is 0.981. The molecule has 0 aliphatic rings. The van der Waals surface area contributed by atoms with Crippen LogP contribution < -0.4 is 10.2 Å². The Morgan fingerprint density at radius 2 is 2.00 bits per heavy atom. The van der Waals surface area contributed by atoms with E-state index in [9.17, 15) is 4.79 Å². The van der Waals surface area contributed by atoms with Gasteiger partial charge in [0.15, 0.2) is 0 Å². The fourth-order valence-corrected chi connectivity index (χ4v) is 2.43. The van der Waals surface area contributed by atoms with Gasteiger partial charge in [-0.25, -0.2) is 9.97 Å². The van der Waals surface area contributed by atoms with Gasteiger partial charge in [-0.05, 0) is 30.7 Å². The van der Waals surface area contributed by atoms with Crippen LogP contribution >= 0.6 is 0 Å². The fourth-order valence-electron chi connectivity index (χ4n) is 2.43. The van der Waals surface area contributed by atoms with Crippen molar-refractivity contribution in [3.63, 3.8) is 0 Å². The summed E-state index contributed by atoms with van der Waals surface area (Å²) in [6.07, 6.45) is 3.19. The molecule has 1 amide bonds. The molecule has 0 radical (unpaired) electrons. The van der Waals surface area contributed by atoms with E-state index in [1.54, 1.807) is 24.6 Å². The van der Waals surface area contributed by atoms with Crippen molar-refractivity contribution in [3.05, 3.63) is 78.0 Å². The summed E-state index contributed by atoms with van der Waals surface area (Å²) in [5.41, 5.74) is 1.50. The molecule has 0 unspecified atom stereocenters.